The van der Waals surface area contributed by atoms with Crippen LogP contribution in [0.25, 0.3) is 0 Å². The van der Waals surface area contributed by atoms with Gasteiger partial charge in [-0.3, -0.25) is 4.79 Å². The van der Waals surface area contributed by atoms with Crippen LogP contribution in [0.5, 0.6) is 0 Å². The Morgan fingerprint density at radius 3 is 2.18 bits per heavy atom. The van der Waals surface area contributed by atoms with E-state index in [0.29, 0.717) is 6.07 Å². The van der Waals surface area contributed by atoms with Crippen molar-refractivity contribution < 1.29 is 26.4 Å². The zero-order valence-electron chi connectivity index (χ0n) is 11.7. The average molecular weight is 337 g/mol. The van der Waals surface area contributed by atoms with Gasteiger partial charge in [-0.15, -0.1) is 0 Å². The van der Waals surface area contributed by atoms with Crippen molar-refractivity contribution in [2.75, 3.05) is 0 Å². The summed E-state index contributed by atoms with van der Waals surface area (Å²) in [5, 5.41) is 0. The third kappa shape index (κ3) is 3.56. The zero-order chi connectivity index (χ0) is 17.3. The number of carbonyl (C=O) groups excluding carboxylic acids is 1. The Bertz CT molecular complexity index is 721. The van der Waals surface area contributed by atoms with Crippen molar-refractivity contribution in [3.8, 4) is 0 Å². The predicted octanol–water partition coefficient (Wildman–Crippen LogP) is 1.52. The van der Waals surface area contributed by atoms with E-state index in [4.69, 9.17) is 11.5 Å². The molecule has 1 rings (SSSR count). The Kier molecular flexibility index (Phi) is 4.86. The molecule has 0 heterocycles. The molecule has 22 heavy (non-hydrogen) atoms. The number of rotatable bonds is 3. The molecule has 1 aromatic rings. The molecule has 0 aliphatic carbocycles. The first kappa shape index (κ1) is 18.0. The van der Waals surface area contributed by atoms with Crippen LogP contribution in [0.15, 0.2) is 28.1 Å². The number of hydrogen-bond acceptors (Lipinski definition) is 3. The van der Waals surface area contributed by atoms with Crippen LogP contribution in [0, 0.1) is 0 Å². The van der Waals surface area contributed by atoms with Gasteiger partial charge in [-0.1, -0.05) is 19.9 Å². The molecule has 1 amide bonds. The molecule has 0 radical (unpaired) electrons. The highest BCUT2D eigenvalue weighted by Crippen LogP contribution is 2.35. The second-order valence-electron chi connectivity index (χ2n) is 4.70. The van der Waals surface area contributed by atoms with Crippen LogP contribution in [-0.4, -0.2) is 25.8 Å². The van der Waals surface area contributed by atoms with E-state index in [9.17, 15) is 26.4 Å². The number of alkyl halides is 3. The number of nitrogens with two attached hydrogens (primary N) is 2. The number of guanidine groups is 1. The first-order valence-electron chi connectivity index (χ1n) is 5.97. The average Bonchev–Trinajstić information content (AvgIpc) is 2.35. The fraction of sp³-hybridized carbons (Fsp3) is 0.333. The Morgan fingerprint density at radius 2 is 1.77 bits per heavy atom. The van der Waals surface area contributed by atoms with E-state index in [-0.39, 0.29) is 11.1 Å². The molecule has 0 fully saturated rings. The van der Waals surface area contributed by atoms with Crippen LogP contribution in [0.4, 0.5) is 13.2 Å². The summed E-state index contributed by atoms with van der Waals surface area (Å²) in [4.78, 5) is 13.8. The number of nitrogens with zero attached hydrogens (tertiary/aromatic N) is 1. The van der Waals surface area contributed by atoms with E-state index in [0.717, 1.165) is 6.07 Å². The summed E-state index contributed by atoms with van der Waals surface area (Å²) in [5.41, 5.74) is 4.13. The number of halogens is 3. The summed E-state index contributed by atoms with van der Waals surface area (Å²) in [6.07, 6.45) is 0. The summed E-state index contributed by atoms with van der Waals surface area (Å²) < 4.78 is 61.6. The van der Waals surface area contributed by atoms with Crippen LogP contribution in [0.3, 0.4) is 0 Å². The van der Waals surface area contributed by atoms with Gasteiger partial charge in [0.1, 0.15) is 0 Å². The van der Waals surface area contributed by atoms with Crippen molar-refractivity contribution in [2.45, 2.75) is 30.2 Å². The SMILES string of the molecule is CC(C)c1ccc(C(=O)N=C(N)N)cc1S(=O)(=O)C(F)(F)F. The lowest BCUT2D eigenvalue weighted by molar-refractivity contribution is -0.0436. The molecule has 6 nitrogen and oxygen atoms in total. The largest absolute Gasteiger partial charge is 0.501 e. The number of carbonyl (C=O) groups is 1. The molecule has 0 spiro atoms. The smallest absolute Gasteiger partial charge is 0.370 e. The summed E-state index contributed by atoms with van der Waals surface area (Å²) >= 11 is 0. The molecule has 0 unspecified atom stereocenters. The monoisotopic (exact) mass is 337 g/mol. The molecule has 0 aliphatic heterocycles. The van der Waals surface area contributed by atoms with E-state index in [1.54, 1.807) is 0 Å². The van der Waals surface area contributed by atoms with E-state index < -0.39 is 38.0 Å². The summed E-state index contributed by atoms with van der Waals surface area (Å²) in [5.74, 6) is -2.12. The van der Waals surface area contributed by atoms with Crippen LogP contribution >= 0.6 is 0 Å². The van der Waals surface area contributed by atoms with Gasteiger partial charge in [0.2, 0.25) is 0 Å². The number of aliphatic imine (C=N–C) groups is 1. The second-order valence-corrected chi connectivity index (χ2v) is 6.61. The first-order chi connectivity index (χ1) is 9.87. The molecule has 4 N–H and O–H groups in total. The minimum absolute atomic E-state index is 0.0569. The van der Waals surface area contributed by atoms with Crippen molar-refractivity contribution >= 4 is 21.7 Å². The lowest BCUT2D eigenvalue weighted by atomic mass is 10.0. The van der Waals surface area contributed by atoms with E-state index in [2.05, 4.69) is 4.99 Å². The Balaban J connectivity index is 3.61. The van der Waals surface area contributed by atoms with E-state index in [1.165, 1.54) is 19.9 Å². The maximum absolute atomic E-state index is 12.8. The van der Waals surface area contributed by atoms with Gasteiger partial charge in [0.15, 0.2) is 5.96 Å². The molecule has 0 atom stereocenters. The predicted molar refractivity (Wildman–Crippen MR) is 73.9 cm³/mol. The number of amides is 1. The minimum Gasteiger partial charge on any atom is -0.370 e. The normalized spacial score (nSPS) is 12.3. The van der Waals surface area contributed by atoms with Gasteiger partial charge in [0.05, 0.1) is 4.90 Å². The molecule has 0 saturated heterocycles. The third-order valence-electron chi connectivity index (χ3n) is 2.71. The fourth-order valence-electron chi connectivity index (χ4n) is 1.68. The fourth-order valence-corrected chi connectivity index (χ4v) is 2.83. The quantitative estimate of drug-likeness (QED) is 0.641. The van der Waals surface area contributed by atoms with Gasteiger partial charge in [0.25, 0.3) is 15.7 Å². The van der Waals surface area contributed by atoms with Crippen LogP contribution < -0.4 is 11.5 Å². The van der Waals surface area contributed by atoms with Crippen LogP contribution in [-0.2, 0) is 9.84 Å². The number of benzene rings is 1. The topological polar surface area (TPSA) is 116 Å². The summed E-state index contributed by atoms with van der Waals surface area (Å²) in [6.45, 7) is 3.06. The van der Waals surface area contributed by atoms with Crippen LogP contribution in [0.1, 0.15) is 35.7 Å². The van der Waals surface area contributed by atoms with Crippen molar-refractivity contribution in [2.24, 2.45) is 16.5 Å². The molecule has 0 bridgehead atoms. The molecule has 122 valence electrons. The molecule has 0 aliphatic rings. The standard InChI is InChI=1S/C12H14F3N3O3S/c1-6(2)8-4-3-7(10(19)18-11(16)17)5-9(8)22(20,21)12(13,14)15/h3-6H,1-2H3,(H4,16,17,18,19). The number of sulfone groups is 1. The van der Waals surface area contributed by atoms with Gasteiger partial charge >= 0.3 is 5.51 Å². The molecular formula is C12H14F3N3O3S. The molecule has 0 aromatic heterocycles. The highest BCUT2D eigenvalue weighted by molar-refractivity contribution is 7.92. The van der Waals surface area contributed by atoms with Gasteiger partial charge in [-0.05, 0) is 23.6 Å². The lowest BCUT2D eigenvalue weighted by Gasteiger charge is -2.15. The Hall–Kier alpha value is -2.10. The molecule has 0 saturated carbocycles. The minimum atomic E-state index is -5.60. The van der Waals surface area contributed by atoms with Crippen molar-refractivity contribution in [1.82, 2.24) is 0 Å². The van der Waals surface area contributed by atoms with Crippen molar-refractivity contribution in [3.63, 3.8) is 0 Å². The van der Waals surface area contributed by atoms with Gasteiger partial charge in [-0.25, -0.2) is 8.42 Å². The Morgan fingerprint density at radius 1 is 1.23 bits per heavy atom. The van der Waals surface area contributed by atoms with Gasteiger partial charge in [-0.2, -0.15) is 18.2 Å². The van der Waals surface area contributed by atoms with Gasteiger partial charge in [0, 0.05) is 5.56 Å². The maximum Gasteiger partial charge on any atom is 0.501 e. The highest BCUT2D eigenvalue weighted by Gasteiger charge is 2.48. The zero-order valence-corrected chi connectivity index (χ0v) is 12.5. The van der Waals surface area contributed by atoms with E-state index >= 15 is 0 Å². The number of hydrogen-bond donors (Lipinski definition) is 2. The van der Waals surface area contributed by atoms with Crippen molar-refractivity contribution in [1.29, 1.82) is 0 Å². The summed E-state index contributed by atoms with van der Waals surface area (Å²) in [7, 11) is -5.60. The molecule has 1 aromatic carbocycles. The maximum atomic E-state index is 12.8. The van der Waals surface area contributed by atoms with Crippen LogP contribution in [0.2, 0.25) is 0 Å². The second kappa shape index (κ2) is 5.95. The molecule has 10 heteroatoms. The molecular weight excluding hydrogens is 323 g/mol. The first-order valence-corrected chi connectivity index (χ1v) is 7.45. The summed E-state index contributed by atoms with van der Waals surface area (Å²) in [6, 6.07) is 2.94. The van der Waals surface area contributed by atoms with E-state index in [1.807, 2.05) is 0 Å². The van der Waals surface area contributed by atoms with Gasteiger partial charge < -0.3 is 11.5 Å². The highest BCUT2D eigenvalue weighted by atomic mass is 32.2. The lowest BCUT2D eigenvalue weighted by Crippen LogP contribution is -2.26. The third-order valence-corrected chi connectivity index (χ3v) is 4.25. The Labute approximate surface area is 124 Å². The van der Waals surface area contributed by atoms with Crippen molar-refractivity contribution in [3.05, 3.63) is 29.3 Å².